The lowest BCUT2D eigenvalue weighted by Gasteiger charge is -2.04. The molecule has 0 saturated carbocycles. The van der Waals surface area contributed by atoms with Crippen molar-refractivity contribution in [1.29, 1.82) is 0 Å². The van der Waals surface area contributed by atoms with Gasteiger partial charge in [-0.05, 0) is 26.3 Å². The average Bonchev–Trinajstić information content (AvgIpc) is 2.89. The lowest BCUT2D eigenvalue weighted by Crippen LogP contribution is -2.13. The number of nitrogens with zero attached hydrogens (tertiary/aromatic N) is 1. The Balaban J connectivity index is 0.00000128. The van der Waals surface area contributed by atoms with Gasteiger partial charge in [0.15, 0.2) is 5.69 Å². The van der Waals surface area contributed by atoms with Crippen LogP contribution in [0.1, 0.15) is 41.3 Å². The summed E-state index contributed by atoms with van der Waals surface area (Å²) in [6.45, 7) is 3.23. The molecule has 1 aromatic rings. The Morgan fingerprint density at radius 2 is 2.56 bits per heavy atom. The van der Waals surface area contributed by atoms with Crippen molar-refractivity contribution in [2.75, 3.05) is 13.2 Å². The van der Waals surface area contributed by atoms with Gasteiger partial charge in [-0.2, -0.15) is 0 Å². The first-order valence-electron chi connectivity index (χ1n) is 5.17. The van der Waals surface area contributed by atoms with Crippen LogP contribution in [0.5, 0.6) is 0 Å². The SMILES string of the molecule is CCOC(=O)c1csc([C@@H]2CCCN2)n1.Cl. The summed E-state index contributed by atoms with van der Waals surface area (Å²) in [5.74, 6) is -0.321. The molecular formula is C10H15ClN2O2S. The molecule has 0 amide bonds. The Hall–Kier alpha value is -0.650. The fourth-order valence-electron chi connectivity index (χ4n) is 1.64. The highest BCUT2D eigenvalue weighted by atomic mass is 35.5. The third-order valence-electron chi connectivity index (χ3n) is 2.36. The first-order valence-corrected chi connectivity index (χ1v) is 6.05. The van der Waals surface area contributed by atoms with Crippen LogP contribution in [0.25, 0.3) is 0 Å². The molecule has 0 aliphatic carbocycles. The molecule has 1 aromatic heterocycles. The molecular weight excluding hydrogens is 248 g/mol. The number of thiazole rings is 1. The van der Waals surface area contributed by atoms with Gasteiger partial charge in [-0.15, -0.1) is 23.7 Å². The van der Waals surface area contributed by atoms with Gasteiger partial charge in [-0.1, -0.05) is 0 Å². The Kier molecular flexibility index (Phi) is 5.18. The highest BCUT2D eigenvalue weighted by Crippen LogP contribution is 2.25. The minimum atomic E-state index is -0.321. The topological polar surface area (TPSA) is 51.2 Å². The van der Waals surface area contributed by atoms with Crippen LogP contribution >= 0.6 is 23.7 Å². The van der Waals surface area contributed by atoms with E-state index in [0.29, 0.717) is 18.3 Å². The van der Waals surface area contributed by atoms with Crippen LogP contribution in [0.3, 0.4) is 0 Å². The molecule has 0 radical (unpaired) electrons. The molecule has 0 aromatic carbocycles. The molecule has 90 valence electrons. The summed E-state index contributed by atoms with van der Waals surface area (Å²) in [6.07, 6.45) is 2.29. The lowest BCUT2D eigenvalue weighted by atomic mass is 10.2. The van der Waals surface area contributed by atoms with Gasteiger partial charge in [0.1, 0.15) is 5.01 Å². The van der Waals surface area contributed by atoms with Crippen LogP contribution in [0, 0.1) is 0 Å². The standard InChI is InChI=1S/C10H14N2O2S.ClH/c1-2-14-10(13)8-6-15-9(12-8)7-4-3-5-11-7;/h6-7,11H,2-5H2,1H3;1H/t7-;/m0./s1. The van der Waals surface area contributed by atoms with Gasteiger partial charge < -0.3 is 10.1 Å². The van der Waals surface area contributed by atoms with Crippen molar-refractivity contribution in [2.24, 2.45) is 0 Å². The average molecular weight is 263 g/mol. The highest BCUT2D eigenvalue weighted by Gasteiger charge is 2.21. The van der Waals surface area contributed by atoms with Gasteiger partial charge in [-0.25, -0.2) is 9.78 Å². The molecule has 1 atom stereocenters. The van der Waals surface area contributed by atoms with Crippen molar-refractivity contribution in [1.82, 2.24) is 10.3 Å². The van der Waals surface area contributed by atoms with Crippen molar-refractivity contribution in [3.63, 3.8) is 0 Å². The highest BCUT2D eigenvalue weighted by molar-refractivity contribution is 7.09. The first-order chi connectivity index (χ1) is 7.31. The van der Waals surface area contributed by atoms with Crippen molar-refractivity contribution in [3.8, 4) is 0 Å². The number of hydrogen-bond acceptors (Lipinski definition) is 5. The number of ether oxygens (including phenoxy) is 1. The number of carbonyl (C=O) groups is 1. The van der Waals surface area contributed by atoms with E-state index in [9.17, 15) is 4.79 Å². The molecule has 4 nitrogen and oxygen atoms in total. The summed E-state index contributed by atoms with van der Waals surface area (Å²) >= 11 is 1.53. The van der Waals surface area contributed by atoms with E-state index in [1.54, 1.807) is 12.3 Å². The maximum atomic E-state index is 11.4. The van der Waals surface area contributed by atoms with Crippen LogP contribution in [-0.4, -0.2) is 24.1 Å². The second kappa shape index (κ2) is 6.18. The van der Waals surface area contributed by atoms with Crippen LogP contribution in [-0.2, 0) is 4.74 Å². The van der Waals surface area contributed by atoms with E-state index in [-0.39, 0.29) is 18.4 Å². The second-order valence-electron chi connectivity index (χ2n) is 3.44. The van der Waals surface area contributed by atoms with Crippen molar-refractivity contribution in [3.05, 3.63) is 16.1 Å². The van der Waals surface area contributed by atoms with E-state index >= 15 is 0 Å². The molecule has 0 unspecified atom stereocenters. The van der Waals surface area contributed by atoms with E-state index in [1.165, 1.54) is 17.8 Å². The van der Waals surface area contributed by atoms with Crippen LogP contribution in [0.2, 0.25) is 0 Å². The first kappa shape index (κ1) is 13.4. The van der Waals surface area contributed by atoms with Crippen molar-refractivity contribution < 1.29 is 9.53 Å². The minimum Gasteiger partial charge on any atom is -0.461 e. The Morgan fingerprint density at radius 3 is 3.19 bits per heavy atom. The molecule has 0 bridgehead atoms. The van der Waals surface area contributed by atoms with Crippen molar-refractivity contribution in [2.45, 2.75) is 25.8 Å². The number of aromatic nitrogens is 1. The fourth-order valence-corrected chi connectivity index (χ4v) is 2.54. The number of esters is 1. The third-order valence-corrected chi connectivity index (χ3v) is 3.32. The summed E-state index contributed by atoms with van der Waals surface area (Å²) in [4.78, 5) is 15.7. The van der Waals surface area contributed by atoms with Gasteiger partial charge in [-0.3, -0.25) is 0 Å². The Labute approximate surface area is 105 Å². The normalized spacial score (nSPS) is 19.2. The van der Waals surface area contributed by atoms with Gasteiger partial charge in [0.2, 0.25) is 0 Å². The molecule has 1 fully saturated rings. The predicted octanol–water partition coefficient (Wildman–Crippen LogP) is 2.17. The maximum absolute atomic E-state index is 11.4. The molecule has 6 heteroatoms. The number of rotatable bonds is 3. The zero-order valence-electron chi connectivity index (χ0n) is 9.06. The number of nitrogens with one attached hydrogen (secondary N) is 1. The zero-order chi connectivity index (χ0) is 10.7. The summed E-state index contributed by atoms with van der Waals surface area (Å²) < 4.78 is 4.89. The fraction of sp³-hybridized carbons (Fsp3) is 0.600. The molecule has 16 heavy (non-hydrogen) atoms. The van der Waals surface area contributed by atoms with Crippen LogP contribution in [0.4, 0.5) is 0 Å². The zero-order valence-corrected chi connectivity index (χ0v) is 10.7. The molecule has 1 aliphatic heterocycles. The molecule has 1 aliphatic rings. The summed E-state index contributed by atoms with van der Waals surface area (Å²) in [7, 11) is 0. The van der Waals surface area contributed by atoms with Crippen LogP contribution < -0.4 is 5.32 Å². The quantitative estimate of drug-likeness (QED) is 0.849. The van der Waals surface area contributed by atoms with E-state index in [4.69, 9.17) is 4.74 Å². The second-order valence-corrected chi connectivity index (χ2v) is 4.33. The van der Waals surface area contributed by atoms with Crippen molar-refractivity contribution >= 4 is 29.7 Å². The number of hydrogen-bond donors (Lipinski definition) is 1. The monoisotopic (exact) mass is 262 g/mol. The van der Waals surface area contributed by atoms with Gasteiger partial charge in [0.25, 0.3) is 0 Å². The molecule has 1 saturated heterocycles. The molecule has 0 spiro atoms. The van der Waals surface area contributed by atoms with E-state index in [1.807, 2.05) is 0 Å². The van der Waals surface area contributed by atoms with Gasteiger partial charge in [0.05, 0.1) is 12.6 Å². The molecule has 1 N–H and O–H groups in total. The minimum absolute atomic E-state index is 0. The molecule has 2 rings (SSSR count). The molecule has 2 heterocycles. The van der Waals surface area contributed by atoms with Gasteiger partial charge >= 0.3 is 5.97 Å². The van der Waals surface area contributed by atoms with Crippen LogP contribution in [0.15, 0.2) is 5.38 Å². The van der Waals surface area contributed by atoms with E-state index in [2.05, 4.69) is 10.3 Å². The third kappa shape index (κ3) is 2.93. The number of carbonyl (C=O) groups excluding carboxylic acids is 1. The maximum Gasteiger partial charge on any atom is 0.357 e. The largest absolute Gasteiger partial charge is 0.461 e. The van der Waals surface area contributed by atoms with Gasteiger partial charge in [0, 0.05) is 5.38 Å². The van der Waals surface area contributed by atoms with E-state index < -0.39 is 0 Å². The Bertz CT molecular complexity index is 350. The lowest BCUT2D eigenvalue weighted by molar-refractivity contribution is 0.0520. The predicted molar refractivity (Wildman–Crippen MR) is 65.3 cm³/mol. The summed E-state index contributed by atoms with van der Waals surface area (Å²) in [6, 6.07) is 0.332. The summed E-state index contributed by atoms with van der Waals surface area (Å²) in [5.41, 5.74) is 0.436. The summed E-state index contributed by atoms with van der Waals surface area (Å²) in [5, 5.41) is 6.12. The van der Waals surface area contributed by atoms with E-state index in [0.717, 1.165) is 18.0 Å². The Morgan fingerprint density at radius 1 is 1.75 bits per heavy atom. The smallest absolute Gasteiger partial charge is 0.357 e. The number of halogens is 1.